The minimum Gasteiger partial charge on any atom is -0.391 e. The number of nitrogens with zero attached hydrogens (tertiary/aromatic N) is 6. The third-order valence-electron chi connectivity index (χ3n) is 6.84. The molecule has 36 heavy (non-hydrogen) atoms. The summed E-state index contributed by atoms with van der Waals surface area (Å²) in [6.45, 7) is 1.31. The molecule has 0 amide bonds. The third-order valence-corrected chi connectivity index (χ3v) is 6.84. The van der Waals surface area contributed by atoms with E-state index in [2.05, 4.69) is 15.0 Å². The first-order chi connectivity index (χ1) is 17.5. The van der Waals surface area contributed by atoms with E-state index in [0.29, 0.717) is 35.5 Å². The first-order valence-electron chi connectivity index (χ1n) is 11.8. The van der Waals surface area contributed by atoms with E-state index in [1.54, 1.807) is 23.2 Å². The molecule has 3 atom stereocenters. The van der Waals surface area contributed by atoms with Crippen LogP contribution in [0.3, 0.4) is 0 Å². The van der Waals surface area contributed by atoms with Gasteiger partial charge in [0.05, 0.1) is 24.2 Å². The number of halogens is 3. The Morgan fingerprint density at radius 2 is 1.81 bits per heavy atom. The Morgan fingerprint density at radius 1 is 0.944 bits per heavy atom. The van der Waals surface area contributed by atoms with E-state index < -0.39 is 23.8 Å². The van der Waals surface area contributed by atoms with E-state index in [4.69, 9.17) is 4.98 Å². The van der Waals surface area contributed by atoms with Crippen LogP contribution in [-0.4, -0.2) is 57.0 Å². The minimum absolute atomic E-state index is 0.0140. The number of aliphatic hydroxyl groups is 1. The lowest BCUT2D eigenvalue weighted by Crippen LogP contribution is -2.25. The van der Waals surface area contributed by atoms with Gasteiger partial charge in [-0.3, -0.25) is 0 Å². The molecule has 5 heterocycles. The summed E-state index contributed by atoms with van der Waals surface area (Å²) in [5.41, 5.74) is 2.50. The Balaban J connectivity index is 1.37. The molecule has 0 unspecified atom stereocenters. The number of anilines is 2. The van der Waals surface area contributed by atoms with Crippen molar-refractivity contribution < 1.29 is 18.3 Å². The predicted octanol–water partition coefficient (Wildman–Crippen LogP) is 4.23. The van der Waals surface area contributed by atoms with Gasteiger partial charge in [0, 0.05) is 36.8 Å². The van der Waals surface area contributed by atoms with Crippen molar-refractivity contribution in [1.29, 1.82) is 0 Å². The number of rotatable bonds is 4. The van der Waals surface area contributed by atoms with Gasteiger partial charge in [-0.1, -0.05) is 0 Å². The van der Waals surface area contributed by atoms with Crippen molar-refractivity contribution >= 4 is 22.7 Å². The zero-order chi connectivity index (χ0) is 24.8. The topological polar surface area (TPSA) is 78.3 Å². The standard InChI is InChI=1S/C26H23F3N6O/c27-16-2-3-20(29)19(9-16)22-10-17(28)12-35(22)24-6-4-21-26(33-24)25(32-14-31-21)15-1-5-23(30-11-15)34-8-7-18(36)13-34/h1-6,9,11,14,17-18,22,36H,7-8,10,12-13H2/t17-,18-,22+/m0/s1. The fourth-order valence-electron chi connectivity index (χ4n) is 5.07. The second-order valence-corrected chi connectivity index (χ2v) is 9.22. The molecule has 2 aliphatic rings. The molecular formula is C26H23F3N6O. The van der Waals surface area contributed by atoms with Crippen molar-refractivity contribution in [1.82, 2.24) is 19.9 Å². The van der Waals surface area contributed by atoms with Gasteiger partial charge in [0.15, 0.2) is 0 Å². The summed E-state index contributed by atoms with van der Waals surface area (Å²) in [5, 5.41) is 9.80. The van der Waals surface area contributed by atoms with Gasteiger partial charge < -0.3 is 14.9 Å². The smallest absolute Gasteiger partial charge is 0.130 e. The summed E-state index contributed by atoms with van der Waals surface area (Å²) in [4.78, 5) is 21.7. The van der Waals surface area contributed by atoms with E-state index in [1.165, 1.54) is 6.33 Å². The molecule has 4 aromatic rings. The number of hydrogen-bond donors (Lipinski definition) is 1. The average molecular weight is 493 g/mol. The number of aromatic nitrogens is 4. The maximum atomic E-state index is 14.6. The Morgan fingerprint density at radius 3 is 2.58 bits per heavy atom. The monoisotopic (exact) mass is 492 g/mol. The van der Waals surface area contributed by atoms with Gasteiger partial charge in [-0.25, -0.2) is 33.1 Å². The summed E-state index contributed by atoms with van der Waals surface area (Å²) in [6.07, 6.45) is 2.34. The fraction of sp³-hybridized carbons (Fsp3) is 0.308. The first-order valence-corrected chi connectivity index (χ1v) is 11.8. The molecule has 184 valence electrons. The molecule has 7 nitrogen and oxygen atoms in total. The highest BCUT2D eigenvalue weighted by atomic mass is 19.1. The van der Waals surface area contributed by atoms with Crippen LogP contribution in [0.25, 0.3) is 22.3 Å². The number of alkyl halides is 1. The maximum Gasteiger partial charge on any atom is 0.130 e. The molecule has 0 spiro atoms. The Bertz CT molecular complexity index is 1420. The third kappa shape index (κ3) is 4.11. The van der Waals surface area contributed by atoms with Crippen LogP contribution in [0.4, 0.5) is 24.8 Å². The van der Waals surface area contributed by atoms with Crippen LogP contribution < -0.4 is 9.80 Å². The lowest BCUT2D eigenvalue weighted by Gasteiger charge is -2.26. The van der Waals surface area contributed by atoms with Crippen molar-refractivity contribution in [2.24, 2.45) is 0 Å². The maximum absolute atomic E-state index is 14.6. The average Bonchev–Trinajstić information content (AvgIpc) is 3.50. The van der Waals surface area contributed by atoms with Crippen LogP contribution in [0.15, 0.2) is 55.0 Å². The van der Waals surface area contributed by atoms with Gasteiger partial charge in [0.2, 0.25) is 0 Å². The van der Waals surface area contributed by atoms with E-state index in [1.807, 2.05) is 17.0 Å². The van der Waals surface area contributed by atoms with E-state index in [-0.39, 0.29) is 24.6 Å². The Labute approximate surface area is 205 Å². The van der Waals surface area contributed by atoms with Crippen molar-refractivity contribution in [3.63, 3.8) is 0 Å². The van der Waals surface area contributed by atoms with Crippen molar-refractivity contribution in [3.8, 4) is 11.3 Å². The molecule has 6 rings (SSSR count). The molecular weight excluding hydrogens is 469 g/mol. The summed E-state index contributed by atoms with van der Waals surface area (Å²) >= 11 is 0. The molecule has 10 heteroatoms. The quantitative estimate of drug-likeness (QED) is 0.457. The van der Waals surface area contributed by atoms with Gasteiger partial charge >= 0.3 is 0 Å². The largest absolute Gasteiger partial charge is 0.391 e. The number of fused-ring (bicyclic) bond motifs is 1. The highest BCUT2D eigenvalue weighted by molar-refractivity contribution is 5.89. The summed E-state index contributed by atoms with van der Waals surface area (Å²) in [7, 11) is 0. The van der Waals surface area contributed by atoms with E-state index >= 15 is 0 Å². The van der Waals surface area contributed by atoms with Crippen LogP contribution >= 0.6 is 0 Å². The van der Waals surface area contributed by atoms with Crippen molar-refractivity contribution in [2.45, 2.75) is 31.2 Å². The van der Waals surface area contributed by atoms with Gasteiger partial charge in [0.25, 0.3) is 0 Å². The van der Waals surface area contributed by atoms with Crippen molar-refractivity contribution in [2.75, 3.05) is 29.4 Å². The summed E-state index contributed by atoms with van der Waals surface area (Å²) < 4.78 is 43.0. The van der Waals surface area contributed by atoms with Crippen LogP contribution in [0, 0.1) is 11.6 Å². The number of β-amino-alcohol motifs (C(OH)–C–C–N with tert-alkyl or cyclic N) is 1. The van der Waals surface area contributed by atoms with Gasteiger partial charge in [-0.2, -0.15) is 0 Å². The second kappa shape index (κ2) is 9.02. The molecule has 0 bridgehead atoms. The van der Waals surface area contributed by atoms with Crippen LogP contribution in [0.5, 0.6) is 0 Å². The van der Waals surface area contributed by atoms with Crippen molar-refractivity contribution in [3.05, 3.63) is 72.2 Å². The highest BCUT2D eigenvalue weighted by Crippen LogP contribution is 2.39. The first kappa shape index (κ1) is 22.7. The second-order valence-electron chi connectivity index (χ2n) is 9.22. The van der Waals surface area contributed by atoms with Gasteiger partial charge in [0.1, 0.15) is 47.0 Å². The van der Waals surface area contributed by atoms with E-state index in [9.17, 15) is 18.3 Å². The van der Waals surface area contributed by atoms with E-state index in [0.717, 1.165) is 36.1 Å². The molecule has 1 N–H and O–H groups in total. The van der Waals surface area contributed by atoms with Crippen LogP contribution in [0.2, 0.25) is 0 Å². The molecule has 2 saturated heterocycles. The Kier molecular flexibility index (Phi) is 5.67. The predicted molar refractivity (Wildman–Crippen MR) is 129 cm³/mol. The lowest BCUT2D eigenvalue weighted by atomic mass is 10.0. The SMILES string of the molecule is O[C@H]1CCN(c2ccc(-c3ncnc4ccc(N5C[C@@H](F)C[C@@H]5c5cc(F)ccc5F)nc34)cn2)C1. The molecule has 2 aliphatic heterocycles. The zero-order valence-electron chi connectivity index (χ0n) is 19.2. The van der Waals surface area contributed by atoms with Gasteiger partial charge in [-0.05, 0) is 48.9 Å². The number of pyridine rings is 2. The molecule has 0 aliphatic carbocycles. The molecule has 0 radical (unpaired) electrons. The summed E-state index contributed by atoms with van der Waals surface area (Å²) in [5.74, 6) is 0.0496. The number of benzene rings is 1. The molecule has 0 saturated carbocycles. The highest BCUT2D eigenvalue weighted by Gasteiger charge is 2.36. The zero-order valence-corrected chi connectivity index (χ0v) is 19.2. The fourth-order valence-corrected chi connectivity index (χ4v) is 5.07. The summed E-state index contributed by atoms with van der Waals surface area (Å²) in [6, 6.07) is 9.78. The van der Waals surface area contributed by atoms with Crippen LogP contribution in [-0.2, 0) is 0 Å². The molecule has 2 fully saturated rings. The number of hydrogen-bond acceptors (Lipinski definition) is 7. The number of aliphatic hydroxyl groups excluding tert-OH is 1. The lowest BCUT2D eigenvalue weighted by molar-refractivity contribution is 0.198. The van der Waals surface area contributed by atoms with Gasteiger partial charge in [-0.15, -0.1) is 0 Å². The normalized spacial score (nSPS) is 22.1. The molecule has 3 aromatic heterocycles. The van der Waals surface area contributed by atoms with Crippen LogP contribution in [0.1, 0.15) is 24.4 Å². The Hall–Kier alpha value is -3.79. The molecule has 1 aromatic carbocycles. The minimum atomic E-state index is -1.21.